The molecule has 0 saturated heterocycles. The molecule has 1 atom stereocenters. The van der Waals surface area contributed by atoms with E-state index in [4.69, 9.17) is 4.74 Å². The fourth-order valence-electron chi connectivity index (χ4n) is 4.78. The van der Waals surface area contributed by atoms with Crippen LogP contribution in [0.5, 0.6) is 5.75 Å². The van der Waals surface area contributed by atoms with E-state index >= 15 is 0 Å². The molecule has 2 aromatic heterocycles. The van der Waals surface area contributed by atoms with E-state index in [2.05, 4.69) is 45.4 Å². The number of hydrogen-bond donors (Lipinski definition) is 2. The zero-order valence-corrected chi connectivity index (χ0v) is 17.9. The fraction of sp³-hybridized carbons (Fsp3) is 0.240. The van der Waals surface area contributed by atoms with E-state index in [1.165, 1.54) is 16.6 Å². The maximum absolute atomic E-state index is 12.9. The van der Waals surface area contributed by atoms with Gasteiger partial charge in [-0.05, 0) is 42.8 Å². The first-order valence-corrected chi connectivity index (χ1v) is 10.9. The van der Waals surface area contributed by atoms with Gasteiger partial charge in [-0.1, -0.05) is 12.1 Å². The maximum atomic E-state index is 12.9. The summed E-state index contributed by atoms with van der Waals surface area (Å²) >= 11 is 0. The Balaban J connectivity index is 1.24. The molecule has 3 aliphatic heterocycles. The average molecular weight is 428 g/mol. The van der Waals surface area contributed by atoms with Crippen LogP contribution in [0.3, 0.4) is 0 Å². The lowest BCUT2D eigenvalue weighted by Gasteiger charge is -2.23. The summed E-state index contributed by atoms with van der Waals surface area (Å²) in [5, 5.41) is 7.96. The SMILES string of the molecule is Cn1c2c(c3ccc(-n4ccc(OCC5=CN6C=CNC6C=C5)cc4=O)cc31)CCNC2. The molecule has 7 nitrogen and oxygen atoms in total. The molecule has 3 aromatic rings. The predicted molar refractivity (Wildman–Crippen MR) is 125 cm³/mol. The predicted octanol–water partition coefficient (Wildman–Crippen LogP) is 2.51. The zero-order valence-electron chi connectivity index (χ0n) is 17.9. The minimum Gasteiger partial charge on any atom is -0.489 e. The van der Waals surface area contributed by atoms with Crippen LogP contribution in [0.25, 0.3) is 16.6 Å². The van der Waals surface area contributed by atoms with E-state index in [0.29, 0.717) is 12.4 Å². The van der Waals surface area contributed by atoms with Crippen molar-refractivity contribution in [2.24, 2.45) is 7.05 Å². The number of rotatable bonds is 4. The summed E-state index contributed by atoms with van der Waals surface area (Å²) in [6.07, 6.45) is 13.1. The van der Waals surface area contributed by atoms with Gasteiger partial charge in [0.2, 0.25) is 0 Å². The first-order chi connectivity index (χ1) is 15.7. The normalized spacial score (nSPS) is 19.0. The van der Waals surface area contributed by atoms with Crippen LogP contribution in [-0.2, 0) is 20.0 Å². The lowest BCUT2D eigenvalue weighted by molar-refractivity contribution is 0.344. The van der Waals surface area contributed by atoms with Crippen molar-refractivity contribution in [1.82, 2.24) is 24.7 Å². The molecule has 0 fully saturated rings. The lowest BCUT2D eigenvalue weighted by Crippen LogP contribution is -2.32. The van der Waals surface area contributed by atoms with E-state index in [1.54, 1.807) is 16.8 Å². The summed E-state index contributed by atoms with van der Waals surface area (Å²) in [6.45, 7) is 2.30. The third kappa shape index (κ3) is 3.13. The maximum Gasteiger partial charge on any atom is 0.258 e. The van der Waals surface area contributed by atoms with Gasteiger partial charge in [-0.25, -0.2) is 0 Å². The highest BCUT2D eigenvalue weighted by molar-refractivity contribution is 5.87. The highest BCUT2D eigenvalue weighted by Gasteiger charge is 2.19. The number of nitrogens with zero attached hydrogens (tertiary/aromatic N) is 3. The Morgan fingerprint density at radius 2 is 2.16 bits per heavy atom. The molecule has 2 N–H and O–H groups in total. The monoisotopic (exact) mass is 427 g/mol. The summed E-state index contributed by atoms with van der Waals surface area (Å²) in [7, 11) is 2.10. The minimum absolute atomic E-state index is 0.109. The summed E-state index contributed by atoms with van der Waals surface area (Å²) in [6, 6.07) is 9.66. The number of aromatic nitrogens is 2. The molecule has 7 heteroatoms. The van der Waals surface area contributed by atoms with Crippen LogP contribution in [0.1, 0.15) is 11.3 Å². The Bertz CT molecular complexity index is 1360. The molecule has 3 aliphatic rings. The van der Waals surface area contributed by atoms with E-state index in [-0.39, 0.29) is 11.7 Å². The zero-order chi connectivity index (χ0) is 21.7. The minimum atomic E-state index is -0.109. The summed E-state index contributed by atoms with van der Waals surface area (Å²) < 4.78 is 9.80. The Morgan fingerprint density at radius 1 is 1.22 bits per heavy atom. The number of pyridine rings is 1. The van der Waals surface area contributed by atoms with E-state index < -0.39 is 0 Å². The third-order valence-electron chi connectivity index (χ3n) is 6.48. The Labute approximate surface area is 185 Å². The molecular weight excluding hydrogens is 402 g/mol. The highest BCUT2D eigenvalue weighted by atomic mass is 16.5. The Kier molecular flexibility index (Phi) is 4.43. The number of nitrogens with one attached hydrogen (secondary N) is 2. The van der Waals surface area contributed by atoms with Crippen LogP contribution in [0.15, 0.2) is 77.6 Å². The van der Waals surface area contributed by atoms with E-state index in [0.717, 1.165) is 36.3 Å². The van der Waals surface area contributed by atoms with Gasteiger partial charge in [-0.3, -0.25) is 9.36 Å². The second kappa shape index (κ2) is 7.46. The van der Waals surface area contributed by atoms with Crippen molar-refractivity contribution in [1.29, 1.82) is 0 Å². The molecule has 0 aliphatic carbocycles. The summed E-state index contributed by atoms with van der Waals surface area (Å²) in [4.78, 5) is 15.0. The first-order valence-electron chi connectivity index (χ1n) is 10.9. The smallest absolute Gasteiger partial charge is 0.258 e. The van der Waals surface area contributed by atoms with Crippen molar-refractivity contribution in [2.45, 2.75) is 19.1 Å². The number of aryl methyl sites for hydroxylation is 1. The van der Waals surface area contributed by atoms with Crippen molar-refractivity contribution in [3.63, 3.8) is 0 Å². The van der Waals surface area contributed by atoms with Crippen molar-refractivity contribution >= 4 is 10.9 Å². The molecule has 1 unspecified atom stereocenters. The largest absolute Gasteiger partial charge is 0.489 e. The number of ether oxygens (including phenoxy) is 1. The van der Waals surface area contributed by atoms with Crippen molar-refractivity contribution in [3.05, 3.63) is 94.5 Å². The molecule has 1 aromatic carbocycles. The third-order valence-corrected chi connectivity index (χ3v) is 6.48. The van der Waals surface area contributed by atoms with Crippen molar-refractivity contribution < 1.29 is 4.74 Å². The van der Waals surface area contributed by atoms with Crippen molar-refractivity contribution in [3.8, 4) is 11.4 Å². The summed E-state index contributed by atoms with van der Waals surface area (Å²) in [5.41, 5.74) is 5.70. The highest BCUT2D eigenvalue weighted by Crippen LogP contribution is 2.29. The number of fused-ring (bicyclic) bond motifs is 4. The molecule has 0 amide bonds. The average Bonchev–Trinajstić information content (AvgIpc) is 3.40. The molecule has 32 heavy (non-hydrogen) atoms. The first kappa shape index (κ1) is 19.0. The molecule has 0 radical (unpaired) electrons. The molecule has 5 heterocycles. The van der Waals surface area contributed by atoms with Gasteiger partial charge in [0.25, 0.3) is 5.56 Å². The van der Waals surface area contributed by atoms with Gasteiger partial charge < -0.3 is 24.8 Å². The molecule has 6 rings (SSSR count). The quantitative estimate of drug-likeness (QED) is 0.670. The van der Waals surface area contributed by atoms with E-state index in [1.807, 2.05) is 36.8 Å². The second-order valence-corrected chi connectivity index (χ2v) is 8.41. The van der Waals surface area contributed by atoms with Gasteiger partial charge in [0.1, 0.15) is 18.5 Å². The van der Waals surface area contributed by atoms with E-state index in [9.17, 15) is 4.79 Å². The molecule has 0 saturated carbocycles. The van der Waals surface area contributed by atoms with Gasteiger partial charge in [-0.15, -0.1) is 0 Å². The van der Waals surface area contributed by atoms with Crippen LogP contribution in [-0.4, -0.2) is 33.4 Å². The Morgan fingerprint density at radius 3 is 3.06 bits per heavy atom. The topological polar surface area (TPSA) is 63.5 Å². The van der Waals surface area contributed by atoms with Crippen LogP contribution in [0.2, 0.25) is 0 Å². The van der Waals surface area contributed by atoms with Crippen LogP contribution in [0.4, 0.5) is 0 Å². The van der Waals surface area contributed by atoms with Gasteiger partial charge in [0, 0.05) is 61.1 Å². The molecule has 0 spiro atoms. The second-order valence-electron chi connectivity index (χ2n) is 8.41. The van der Waals surface area contributed by atoms with Gasteiger partial charge in [0.05, 0.1) is 11.2 Å². The van der Waals surface area contributed by atoms with Crippen LogP contribution in [0, 0.1) is 0 Å². The summed E-state index contributed by atoms with van der Waals surface area (Å²) in [5.74, 6) is 0.569. The number of benzene rings is 1. The van der Waals surface area contributed by atoms with Gasteiger partial charge in [-0.2, -0.15) is 0 Å². The lowest BCUT2D eigenvalue weighted by atomic mass is 10.0. The van der Waals surface area contributed by atoms with Crippen LogP contribution >= 0.6 is 0 Å². The Hall–Kier alpha value is -3.71. The van der Waals surface area contributed by atoms with Crippen molar-refractivity contribution in [2.75, 3.05) is 13.2 Å². The molecule has 0 bridgehead atoms. The molecule has 162 valence electrons. The van der Waals surface area contributed by atoms with Crippen LogP contribution < -0.4 is 20.9 Å². The molecular formula is C25H25N5O2. The standard InChI is InChI=1S/C25H25N5O2/c1-28-22-12-18(3-4-20(22)21-6-8-26-14-23(21)28)30-10-7-19(13-25(30)31)32-16-17-2-5-24-27-9-11-29(24)15-17/h2-5,7,9-13,15,24,26-27H,6,8,14,16H2,1H3. The number of hydrogen-bond acceptors (Lipinski definition) is 5. The van der Waals surface area contributed by atoms with Gasteiger partial charge >= 0.3 is 0 Å². The van der Waals surface area contributed by atoms with Gasteiger partial charge in [0.15, 0.2) is 0 Å². The fourth-order valence-corrected chi connectivity index (χ4v) is 4.78.